The summed E-state index contributed by atoms with van der Waals surface area (Å²) in [5.74, 6) is 6.15. The van der Waals surface area contributed by atoms with Gasteiger partial charge in [-0.25, -0.2) is 0 Å². The third kappa shape index (κ3) is 9.88. The van der Waals surface area contributed by atoms with Crippen molar-refractivity contribution in [3.63, 3.8) is 0 Å². The number of nitrogens with two attached hydrogens (primary N) is 1. The van der Waals surface area contributed by atoms with E-state index < -0.39 is 5.60 Å². The minimum Gasteiger partial charge on any atom is -0.508 e. The summed E-state index contributed by atoms with van der Waals surface area (Å²) < 4.78 is 12.6. The van der Waals surface area contributed by atoms with Crippen LogP contribution in [0.5, 0.6) is 5.75 Å². The lowest BCUT2D eigenvalue weighted by Gasteiger charge is -2.59. The molecule has 14 unspecified atom stereocenters. The van der Waals surface area contributed by atoms with Crippen molar-refractivity contribution in [2.45, 2.75) is 171 Å². The Morgan fingerprint density at radius 1 is 0.886 bits per heavy atom. The van der Waals surface area contributed by atoms with E-state index in [1.165, 1.54) is 59.9 Å². The number of aliphatic hydroxyl groups excluding tert-OH is 1. The molecule has 5 aliphatic carbocycles. The SMILES string of the molecule is C=C1CC2(CCC(CCC3(O)CCCC(O)C3)C2)C2OC2(C)CCC2C1CC2(C)C1CC(C2CSSCc3ccccc3CCC(c3cccc4cocc34)CN=C(N)N2)CC1Cc1ccc(O)cc1. The highest BCUT2D eigenvalue weighted by Gasteiger charge is 2.67. The molecule has 0 radical (unpaired) electrons. The summed E-state index contributed by atoms with van der Waals surface area (Å²) in [5, 5.41) is 38.3. The van der Waals surface area contributed by atoms with Crippen LogP contribution in [-0.4, -0.2) is 63.0 Å². The number of aliphatic imine (C=N–C) groups is 1. The van der Waals surface area contributed by atoms with E-state index in [-0.39, 0.29) is 40.6 Å². The minimum absolute atomic E-state index is 0.0817. The molecule has 376 valence electrons. The first-order chi connectivity index (χ1) is 33.8. The molecular weight excluding hydrogens is 907 g/mol. The van der Waals surface area contributed by atoms with Gasteiger partial charge in [-0.3, -0.25) is 4.99 Å². The molecule has 2 aliphatic heterocycles. The number of aromatic hydroxyl groups is 1. The number of benzene rings is 3. The van der Waals surface area contributed by atoms with E-state index in [4.69, 9.17) is 26.5 Å². The second-order valence-corrected chi connectivity index (χ2v) is 26.8. The molecule has 70 heavy (non-hydrogen) atoms. The fourth-order valence-electron chi connectivity index (χ4n) is 16.1. The van der Waals surface area contributed by atoms with E-state index >= 15 is 0 Å². The lowest BCUT2D eigenvalue weighted by Crippen LogP contribution is -2.52. The number of fused-ring (bicyclic) bond motifs is 5. The number of hydrogen-bond donors (Lipinski definition) is 5. The Bertz CT molecular complexity index is 2530. The number of guanidine groups is 1. The molecule has 6 fully saturated rings. The minimum atomic E-state index is -0.712. The molecule has 4 aromatic rings. The Balaban J connectivity index is 0.836. The third-order valence-corrected chi connectivity index (χ3v) is 22.2. The largest absolute Gasteiger partial charge is 0.508 e. The number of epoxide rings is 1. The van der Waals surface area contributed by atoms with Gasteiger partial charge in [0, 0.05) is 52.6 Å². The number of aryl methyl sites for hydroxylation is 1. The molecule has 0 amide bonds. The monoisotopic (exact) mass is 986 g/mol. The molecule has 1 aromatic heterocycles. The van der Waals surface area contributed by atoms with Crippen molar-refractivity contribution >= 4 is 38.3 Å². The number of hydrogen-bond acceptors (Lipinski definition) is 10. The number of aliphatic hydroxyl groups is 2. The van der Waals surface area contributed by atoms with Crippen LogP contribution in [0.25, 0.3) is 10.8 Å². The van der Waals surface area contributed by atoms with Crippen molar-refractivity contribution < 1.29 is 24.5 Å². The highest BCUT2D eigenvalue weighted by atomic mass is 33.1. The Kier molecular flexibility index (Phi) is 13.8. The first-order valence-electron chi connectivity index (χ1n) is 27.1. The van der Waals surface area contributed by atoms with Gasteiger partial charge in [-0.1, -0.05) is 95.3 Å². The Morgan fingerprint density at radius 3 is 2.57 bits per heavy atom. The molecule has 0 bridgehead atoms. The van der Waals surface area contributed by atoms with Crippen molar-refractivity contribution in [3.8, 4) is 5.75 Å². The number of allylic oxidation sites excluding steroid dienone is 1. The predicted molar refractivity (Wildman–Crippen MR) is 287 cm³/mol. The molecule has 14 atom stereocenters. The van der Waals surface area contributed by atoms with E-state index in [0.717, 1.165) is 99.3 Å². The second kappa shape index (κ2) is 19.8. The Hall–Kier alpha value is -3.41. The maximum absolute atomic E-state index is 11.4. The van der Waals surface area contributed by atoms with Gasteiger partial charge in [-0.05, 0) is 191 Å². The molecule has 1 saturated heterocycles. The van der Waals surface area contributed by atoms with E-state index in [9.17, 15) is 15.3 Å². The van der Waals surface area contributed by atoms with Gasteiger partial charge in [0.15, 0.2) is 5.96 Å². The van der Waals surface area contributed by atoms with Gasteiger partial charge in [0.1, 0.15) is 5.75 Å². The molecule has 8 nitrogen and oxygen atoms in total. The second-order valence-electron chi connectivity index (χ2n) is 24.3. The van der Waals surface area contributed by atoms with Crippen LogP contribution in [0, 0.1) is 46.3 Å². The Labute approximate surface area is 425 Å². The van der Waals surface area contributed by atoms with Crippen molar-refractivity contribution in [2.24, 2.45) is 57.1 Å². The summed E-state index contributed by atoms with van der Waals surface area (Å²) >= 11 is 0. The summed E-state index contributed by atoms with van der Waals surface area (Å²) in [7, 11) is 3.96. The van der Waals surface area contributed by atoms with E-state index in [2.05, 4.69) is 73.8 Å². The number of rotatable bonds is 8. The quantitative estimate of drug-likeness (QED) is 0.0664. The van der Waals surface area contributed by atoms with Gasteiger partial charge in [0.25, 0.3) is 0 Å². The molecular formula is C60H79N3O5S2. The summed E-state index contributed by atoms with van der Waals surface area (Å²) in [4.78, 5) is 5.18. The maximum atomic E-state index is 11.4. The fraction of sp³-hybridized carbons (Fsp3) is 0.617. The zero-order valence-corrected chi connectivity index (χ0v) is 43.5. The molecule has 3 heterocycles. The highest BCUT2D eigenvalue weighted by molar-refractivity contribution is 8.76. The van der Waals surface area contributed by atoms with E-state index in [0.29, 0.717) is 60.2 Å². The Morgan fingerprint density at radius 2 is 1.73 bits per heavy atom. The van der Waals surface area contributed by atoms with Crippen LogP contribution in [-0.2, 0) is 23.3 Å². The van der Waals surface area contributed by atoms with Crippen LogP contribution in [0.3, 0.4) is 0 Å². The van der Waals surface area contributed by atoms with Crippen LogP contribution in [0.1, 0.15) is 145 Å². The molecule has 7 aliphatic rings. The van der Waals surface area contributed by atoms with Gasteiger partial charge in [-0.2, -0.15) is 0 Å². The average Bonchev–Trinajstić information content (AvgIpc) is 3.73. The summed E-state index contributed by atoms with van der Waals surface area (Å²) in [5.41, 5.74) is 13.4. The van der Waals surface area contributed by atoms with Gasteiger partial charge in [0.05, 0.1) is 35.9 Å². The first-order valence-corrected chi connectivity index (χ1v) is 29.6. The van der Waals surface area contributed by atoms with Crippen molar-refractivity contribution in [1.82, 2.24) is 5.32 Å². The van der Waals surface area contributed by atoms with E-state index in [1.807, 2.05) is 46.2 Å². The molecule has 11 rings (SSSR count). The first kappa shape index (κ1) is 48.8. The van der Waals surface area contributed by atoms with Crippen LogP contribution >= 0.6 is 21.6 Å². The fourth-order valence-corrected chi connectivity index (χ4v) is 18.6. The zero-order valence-electron chi connectivity index (χ0n) is 41.8. The van der Waals surface area contributed by atoms with Gasteiger partial charge >= 0.3 is 0 Å². The van der Waals surface area contributed by atoms with Crippen molar-refractivity contribution in [3.05, 3.63) is 114 Å². The lowest BCUT2D eigenvalue weighted by molar-refractivity contribution is -0.0830. The maximum Gasteiger partial charge on any atom is 0.188 e. The summed E-state index contributed by atoms with van der Waals surface area (Å²) in [6.07, 6.45) is 22.0. The number of ether oxygens (including phenoxy) is 1. The molecule has 5 saturated carbocycles. The number of nitrogens with one attached hydrogen (secondary N) is 1. The normalized spacial score (nSPS) is 39.3. The van der Waals surface area contributed by atoms with Gasteiger partial charge < -0.3 is 35.5 Å². The van der Waals surface area contributed by atoms with Crippen LogP contribution in [0.4, 0.5) is 0 Å². The van der Waals surface area contributed by atoms with Crippen LogP contribution in [0.2, 0.25) is 0 Å². The number of nitrogens with zero attached hydrogens (tertiary/aromatic N) is 1. The molecule has 6 N–H and O–H groups in total. The predicted octanol–water partition coefficient (Wildman–Crippen LogP) is 12.7. The highest BCUT2D eigenvalue weighted by Crippen LogP contribution is 2.70. The molecule has 3 aromatic carbocycles. The number of furan rings is 1. The topological polar surface area (TPSA) is 137 Å². The molecule has 10 heteroatoms. The summed E-state index contributed by atoms with van der Waals surface area (Å²) in [6, 6.07) is 23.7. The smallest absolute Gasteiger partial charge is 0.188 e. The standard InChI is InChI=1S/C60H79N3O5S2/c1-38-29-59(24-19-40(30-59)20-25-60(66)22-7-11-48(65)31-60)55-58(3,68-55)23-21-52-50(38)32-57(52,2)53-28-46(27-45(53)26-39-13-17-47(64)18-14-39)54-37-70-69-36-44-9-5-4-8-41(44)15-16-42(33-62-56(61)63-54)49-12-6-10-43-34-67-35-51(43)49/h4-6,8-10,12-14,17-18,34-35,40,42,45-46,48,50,52-55,64-66H,1,7,11,15-16,19-33,36-37H2,2-3H3,(H3,61,62,63). The van der Waals surface area contributed by atoms with Gasteiger partial charge in [-0.15, -0.1) is 0 Å². The van der Waals surface area contributed by atoms with Crippen molar-refractivity contribution in [2.75, 3.05) is 12.3 Å². The third-order valence-electron chi connectivity index (χ3n) is 19.9. The lowest BCUT2D eigenvalue weighted by atomic mass is 9.45. The average molecular weight is 986 g/mol. The molecule has 1 spiro atoms. The van der Waals surface area contributed by atoms with E-state index in [1.54, 1.807) is 0 Å². The van der Waals surface area contributed by atoms with Crippen LogP contribution < -0.4 is 11.1 Å². The zero-order chi connectivity index (χ0) is 48.3. The number of phenols is 1. The number of phenolic OH excluding ortho intramolecular Hbond substituents is 1. The summed E-state index contributed by atoms with van der Waals surface area (Å²) in [6.45, 7) is 10.7. The van der Waals surface area contributed by atoms with Crippen molar-refractivity contribution in [1.29, 1.82) is 0 Å². The van der Waals surface area contributed by atoms with Gasteiger partial charge in [0.2, 0.25) is 0 Å². The van der Waals surface area contributed by atoms with Crippen LogP contribution in [0.15, 0.2) is 101 Å².